The Balaban J connectivity index is 0.000000140. The summed E-state index contributed by atoms with van der Waals surface area (Å²) < 4.78 is 0. The maximum atomic E-state index is 12.6. The molecule has 16 rings (SSSR count). The molecule has 122 heavy (non-hydrogen) atoms. The van der Waals surface area contributed by atoms with E-state index in [4.69, 9.17) is 5.26 Å². The summed E-state index contributed by atoms with van der Waals surface area (Å²) in [7, 11) is 0. The molecular weight excluding hydrogens is 1540 g/mol. The van der Waals surface area contributed by atoms with Gasteiger partial charge in [0.2, 0.25) is 0 Å². The zero-order valence-electron chi connectivity index (χ0n) is 66.0. The van der Waals surface area contributed by atoms with Crippen LogP contribution >= 0.6 is 0 Å². The second kappa shape index (κ2) is 41.5. The highest BCUT2D eigenvalue weighted by molar-refractivity contribution is 6.08. The van der Waals surface area contributed by atoms with Crippen molar-refractivity contribution in [3.8, 4) is 61.7 Å². The maximum absolute atomic E-state index is 12.6. The number of nitrogens with one attached hydrogen (secondary N) is 10. The summed E-state index contributed by atoms with van der Waals surface area (Å²) in [6.07, 6.45) is 27.7. The Morgan fingerprint density at radius 3 is 0.852 bits per heavy atom. The number of pyridine rings is 10. The largest absolute Gasteiger partial charge is 0.327 e. The molecule has 10 aromatic heterocycles. The van der Waals surface area contributed by atoms with Crippen molar-refractivity contribution in [2.75, 3.05) is 26.6 Å². The molecule has 602 valence electrons. The lowest BCUT2D eigenvalue weighted by Gasteiger charge is -2.08. The van der Waals surface area contributed by atoms with Crippen LogP contribution in [0.3, 0.4) is 0 Å². The highest BCUT2D eigenvalue weighted by Crippen LogP contribution is 2.26. The molecule has 0 atom stereocenters. The van der Waals surface area contributed by atoms with Crippen LogP contribution in [0.5, 0.6) is 0 Å². The summed E-state index contributed by atoms with van der Waals surface area (Å²) in [5.74, 6) is -1.68. The molecule has 0 radical (unpaired) electrons. The molecule has 26 nitrogen and oxygen atoms in total. The number of H-pyrrole nitrogens is 5. The molecule has 0 fully saturated rings. The predicted octanol–water partition coefficient (Wildman–Crippen LogP) is 16.3. The minimum absolute atomic E-state index is 0.152. The Labute approximate surface area is 697 Å². The first kappa shape index (κ1) is 84.3. The smallest absolute Gasteiger partial charge is 0.271 e. The van der Waals surface area contributed by atoms with E-state index in [2.05, 4.69) is 90.3 Å². The Morgan fingerprint density at radius 2 is 0.566 bits per heavy atom. The molecule has 0 spiro atoms. The van der Waals surface area contributed by atoms with E-state index in [1.54, 1.807) is 190 Å². The molecule has 10 N–H and O–H groups in total. The van der Waals surface area contributed by atoms with Gasteiger partial charge in [0.05, 0.1) is 11.6 Å². The highest BCUT2D eigenvalue weighted by atomic mass is 16.2. The van der Waals surface area contributed by atoms with Gasteiger partial charge in [-0.2, -0.15) is 5.26 Å². The van der Waals surface area contributed by atoms with Crippen molar-refractivity contribution in [2.45, 2.75) is 40.0 Å². The Morgan fingerprint density at radius 1 is 0.303 bits per heavy atom. The van der Waals surface area contributed by atoms with Crippen molar-refractivity contribution < 1.29 is 24.0 Å². The molecule has 5 amide bonds. The molecular formula is C96H78N16O10. The minimum atomic E-state index is -0.420. The van der Waals surface area contributed by atoms with Gasteiger partial charge >= 0.3 is 0 Å². The molecule has 16 aromatic rings. The number of hydrogen-bond acceptors (Lipinski definition) is 16. The summed E-state index contributed by atoms with van der Waals surface area (Å²) in [6.45, 7) is 6.12. The molecule has 0 aliphatic heterocycles. The molecule has 0 saturated carbocycles. The predicted molar refractivity (Wildman–Crippen MR) is 474 cm³/mol. The summed E-state index contributed by atoms with van der Waals surface area (Å²) in [6, 6.07) is 69.9. The normalized spacial score (nSPS) is 10.3. The molecule has 0 unspecified atom stereocenters. The van der Waals surface area contributed by atoms with Crippen LogP contribution in [0.1, 0.15) is 94.3 Å². The first-order valence-electron chi connectivity index (χ1n) is 38.3. The van der Waals surface area contributed by atoms with Crippen LogP contribution in [0.4, 0.5) is 28.4 Å². The first-order valence-corrected chi connectivity index (χ1v) is 38.3. The Hall–Kier alpha value is -17.1. The van der Waals surface area contributed by atoms with E-state index >= 15 is 0 Å². The SMILES string of the molecule is CCCc1ccc(C(=O)Nc2cc(-c3ccncc3)c[nH]c2=O)cc1.CCc1ccc(C(=O)Nc2cc(-c3ccncc3)c[nH]c2=O)cc1.Cc1ccc(C(=O)Nc2cc(-c3ccncc3)c[nH]c2=O)cc1.N#Cc1ccc(C(=O)Nc2cc(-c3ccncc3)c[nH]c2=O)cc1.O=C(Nc1cc(-c2ccncc2)c[nH]c1=O)c1ccc2ccccc2c1. The molecule has 0 aliphatic rings. The van der Waals surface area contributed by atoms with Crippen molar-refractivity contribution in [1.29, 1.82) is 5.26 Å². The number of rotatable bonds is 18. The number of anilines is 5. The minimum Gasteiger partial charge on any atom is -0.327 e. The Kier molecular flexibility index (Phi) is 28.7. The van der Waals surface area contributed by atoms with Gasteiger partial charge in [-0.25, -0.2) is 0 Å². The van der Waals surface area contributed by atoms with Crippen molar-refractivity contribution in [3.63, 3.8) is 0 Å². The molecule has 0 aliphatic carbocycles. The van der Waals surface area contributed by atoms with Crippen molar-refractivity contribution in [1.82, 2.24) is 49.8 Å². The number of carbonyl (C=O) groups excluding carboxylic acids is 5. The van der Waals surface area contributed by atoms with E-state index in [9.17, 15) is 47.9 Å². The van der Waals surface area contributed by atoms with Gasteiger partial charge in [0.25, 0.3) is 57.3 Å². The summed E-state index contributed by atoms with van der Waals surface area (Å²) >= 11 is 0. The molecule has 0 bridgehead atoms. The highest BCUT2D eigenvalue weighted by Gasteiger charge is 2.17. The van der Waals surface area contributed by atoms with Gasteiger partial charge < -0.3 is 51.5 Å². The number of aromatic amines is 5. The van der Waals surface area contributed by atoms with Crippen LogP contribution in [0, 0.1) is 18.3 Å². The van der Waals surface area contributed by atoms with Crippen molar-refractivity contribution >= 4 is 68.7 Å². The van der Waals surface area contributed by atoms with Gasteiger partial charge in [-0.05, 0) is 233 Å². The number of hydrogen-bond donors (Lipinski definition) is 10. The van der Waals surface area contributed by atoms with Crippen LogP contribution in [0.15, 0.2) is 347 Å². The third-order valence-corrected chi connectivity index (χ3v) is 18.8. The average molecular weight is 1620 g/mol. The Bertz CT molecular complexity index is 6710. The van der Waals surface area contributed by atoms with Crippen LogP contribution < -0.4 is 54.4 Å². The summed E-state index contributed by atoms with van der Waals surface area (Å²) in [5.41, 5.74) is 14.0. The van der Waals surface area contributed by atoms with Crippen LogP contribution in [0.25, 0.3) is 66.4 Å². The molecule has 0 saturated heterocycles. The van der Waals surface area contributed by atoms with Gasteiger partial charge in [-0.15, -0.1) is 0 Å². The topological polar surface area (TPSA) is 398 Å². The number of amides is 5. The first-order chi connectivity index (χ1) is 59.3. The van der Waals surface area contributed by atoms with Gasteiger partial charge in [-0.1, -0.05) is 92.6 Å². The second-order valence-corrected chi connectivity index (χ2v) is 27.2. The van der Waals surface area contributed by atoms with E-state index in [0.717, 1.165) is 96.8 Å². The summed E-state index contributed by atoms with van der Waals surface area (Å²) in [5, 5.41) is 24.1. The fraction of sp³-hybridized carbons (Fsp3) is 0.0625. The van der Waals surface area contributed by atoms with Gasteiger partial charge in [0.15, 0.2) is 0 Å². The van der Waals surface area contributed by atoms with Crippen LogP contribution in [-0.4, -0.2) is 79.4 Å². The van der Waals surface area contributed by atoms with Crippen molar-refractivity contribution in [2.24, 2.45) is 0 Å². The van der Waals surface area contributed by atoms with E-state index in [1.165, 1.54) is 17.7 Å². The van der Waals surface area contributed by atoms with E-state index in [0.29, 0.717) is 33.4 Å². The number of benzene rings is 6. The quantitative estimate of drug-likeness (QED) is 0.0381. The number of aromatic nitrogens is 10. The lowest BCUT2D eigenvalue weighted by Crippen LogP contribution is -2.19. The van der Waals surface area contributed by atoms with Crippen LogP contribution in [-0.2, 0) is 12.8 Å². The zero-order valence-corrected chi connectivity index (χ0v) is 66.0. The maximum Gasteiger partial charge on any atom is 0.271 e. The monoisotopic (exact) mass is 1610 g/mol. The molecule has 26 heteroatoms. The zero-order chi connectivity index (χ0) is 85.7. The van der Waals surface area contributed by atoms with Crippen LogP contribution in [0.2, 0.25) is 0 Å². The molecule has 10 heterocycles. The van der Waals surface area contributed by atoms with E-state index < -0.39 is 11.5 Å². The third kappa shape index (κ3) is 23.1. The van der Waals surface area contributed by atoms with E-state index in [-0.39, 0.29) is 74.3 Å². The lowest BCUT2D eigenvalue weighted by molar-refractivity contribution is 0.101. The molecule has 6 aromatic carbocycles. The van der Waals surface area contributed by atoms with Crippen molar-refractivity contribution in [3.05, 3.63) is 425 Å². The number of nitriles is 1. The number of carbonyl (C=O) groups is 5. The standard InChI is InChI=1S/C21H15N3O2.C20H19N3O2.C19H17N3O2.C18H12N4O2.C18H15N3O2/c25-20(17-6-5-14-3-1-2-4-16(14)11-17)24-19-12-18(13-23-21(19)26)15-7-9-22-10-8-15;1-2-3-14-4-6-16(7-5-14)19(24)23-18-12-17(13-22-20(18)25)15-8-10-21-11-9-15;1-2-13-3-5-15(6-4-13)18(23)22-17-11-16(12-21-19(17)24)14-7-9-20-10-8-14;19-10-12-1-3-14(4-2-12)17(23)22-16-9-15(11-21-18(16)24)13-5-7-20-8-6-13;1-12-2-4-14(5-3-12)17(22)21-16-10-15(11-20-18(16)23)13-6-8-19-9-7-13/h1-13H,(H,23,26)(H,24,25);4-13H,2-3H2,1H3,(H,22,25)(H,23,24);3-12H,2H2,1H3,(H,21,24)(H,22,23);1-9,11H,(H,21,24)(H,22,23);2-11H,1H3,(H,20,23)(H,21,22). The lowest BCUT2D eigenvalue weighted by atomic mass is 10.1. The van der Waals surface area contributed by atoms with Gasteiger partial charge in [0.1, 0.15) is 28.4 Å². The second-order valence-electron chi connectivity index (χ2n) is 27.2. The van der Waals surface area contributed by atoms with E-state index in [1.807, 2.05) is 134 Å². The number of fused-ring (bicyclic) bond motifs is 1. The number of nitrogens with zero attached hydrogens (tertiary/aromatic N) is 6. The average Bonchev–Trinajstić information content (AvgIpc) is 0.850. The fourth-order valence-electron chi connectivity index (χ4n) is 12.1. The third-order valence-electron chi connectivity index (χ3n) is 18.8. The summed E-state index contributed by atoms with van der Waals surface area (Å²) in [4.78, 5) is 155. The van der Waals surface area contributed by atoms with Gasteiger partial charge in [-0.3, -0.25) is 72.9 Å². The number of aryl methyl sites for hydroxylation is 3. The fourth-order valence-corrected chi connectivity index (χ4v) is 12.1. The van der Waals surface area contributed by atoms with Gasteiger partial charge in [0, 0.05) is 149 Å².